The van der Waals surface area contributed by atoms with Crippen molar-refractivity contribution in [3.8, 4) is 16.3 Å². The summed E-state index contributed by atoms with van der Waals surface area (Å²) in [6, 6.07) is 5.39. The zero-order valence-corrected chi connectivity index (χ0v) is 19.3. The van der Waals surface area contributed by atoms with Crippen LogP contribution in [0.25, 0.3) is 10.6 Å². The van der Waals surface area contributed by atoms with Crippen molar-refractivity contribution in [3.05, 3.63) is 68.8 Å². The van der Waals surface area contributed by atoms with E-state index < -0.39 is 23.1 Å². The predicted molar refractivity (Wildman–Crippen MR) is 124 cm³/mol. The molecule has 1 aromatic carbocycles. The number of nitrogens with one attached hydrogen (secondary N) is 1. The molecule has 0 bridgehead atoms. The molecule has 5 rings (SSSR count). The Balaban J connectivity index is 1.55. The quantitative estimate of drug-likeness (QED) is 0.562. The SMILES string of the molecule is CCNC(=O)C1CN(C2CC2)C(=O)c2c(O)c(=O)c(-c3ncc(Cc4ccc(F)cc4)s3)cn21. The summed E-state index contributed by atoms with van der Waals surface area (Å²) < 4.78 is 14.6. The first-order valence-corrected chi connectivity index (χ1v) is 11.9. The zero-order valence-electron chi connectivity index (χ0n) is 18.5. The normalized spacial score (nSPS) is 17.5. The molecule has 0 saturated heterocycles. The number of halogens is 1. The van der Waals surface area contributed by atoms with Gasteiger partial charge in [-0.2, -0.15) is 0 Å². The molecule has 1 aliphatic heterocycles. The second-order valence-corrected chi connectivity index (χ2v) is 9.63. The van der Waals surface area contributed by atoms with Gasteiger partial charge in [-0.3, -0.25) is 14.4 Å². The lowest BCUT2D eigenvalue weighted by atomic mass is 10.1. The first-order chi connectivity index (χ1) is 16.4. The number of likely N-dealkylation sites (N-methyl/N-ethyl adjacent to an activating group) is 1. The topological polar surface area (TPSA) is 105 Å². The molecule has 2 aliphatic rings. The smallest absolute Gasteiger partial charge is 0.274 e. The fraction of sp³-hybridized carbons (Fsp3) is 0.333. The maximum Gasteiger partial charge on any atom is 0.274 e. The molecular formula is C24H23FN4O4S. The van der Waals surface area contributed by atoms with Gasteiger partial charge in [-0.15, -0.1) is 11.3 Å². The molecule has 3 aromatic rings. The number of carbonyl (C=O) groups is 2. The zero-order chi connectivity index (χ0) is 24.0. The largest absolute Gasteiger partial charge is 0.503 e. The molecule has 0 spiro atoms. The van der Waals surface area contributed by atoms with Gasteiger partial charge < -0.3 is 19.9 Å². The number of nitrogens with zero attached hydrogens (tertiary/aromatic N) is 3. The Hall–Kier alpha value is -3.53. The summed E-state index contributed by atoms with van der Waals surface area (Å²) in [7, 11) is 0. The Morgan fingerprint density at radius 1 is 1.26 bits per heavy atom. The summed E-state index contributed by atoms with van der Waals surface area (Å²) in [5.41, 5.74) is 0.156. The maximum absolute atomic E-state index is 13.2. The molecule has 2 amide bonds. The molecule has 176 valence electrons. The summed E-state index contributed by atoms with van der Waals surface area (Å²) >= 11 is 1.27. The van der Waals surface area contributed by atoms with Crippen molar-refractivity contribution < 1.29 is 19.1 Å². The summed E-state index contributed by atoms with van der Waals surface area (Å²) in [5, 5.41) is 14.0. The van der Waals surface area contributed by atoms with Gasteiger partial charge in [0.1, 0.15) is 16.9 Å². The Bertz CT molecular complexity index is 1330. The summed E-state index contributed by atoms with van der Waals surface area (Å²) in [4.78, 5) is 45.8. The van der Waals surface area contributed by atoms with Gasteiger partial charge in [-0.05, 0) is 37.5 Å². The molecule has 1 aliphatic carbocycles. The van der Waals surface area contributed by atoms with E-state index in [1.54, 1.807) is 30.2 Å². The highest BCUT2D eigenvalue weighted by Gasteiger charge is 2.43. The minimum absolute atomic E-state index is 0.0281. The van der Waals surface area contributed by atoms with Gasteiger partial charge in [0.15, 0.2) is 11.4 Å². The number of benzene rings is 1. The van der Waals surface area contributed by atoms with Crippen molar-refractivity contribution >= 4 is 23.2 Å². The number of thiazole rings is 1. The summed E-state index contributed by atoms with van der Waals surface area (Å²) in [6.07, 6.45) is 5.28. The Morgan fingerprint density at radius 2 is 2.00 bits per heavy atom. The second-order valence-electron chi connectivity index (χ2n) is 8.51. The van der Waals surface area contributed by atoms with Crippen LogP contribution in [0.4, 0.5) is 4.39 Å². The van der Waals surface area contributed by atoms with Crippen LogP contribution >= 0.6 is 11.3 Å². The van der Waals surface area contributed by atoms with Gasteiger partial charge in [0, 0.05) is 36.3 Å². The lowest BCUT2D eigenvalue weighted by molar-refractivity contribution is -0.125. The van der Waals surface area contributed by atoms with Crippen LogP contribution in [0, 0.1) is 5.82 Å². The number of rotatable bonds is 6. The molecule has 2 aromatic heterocycles. The van der Waals surface area contributed by atoms with Crippen LogP contribution in [0.2, 0.25) is 0 Å². The van der Waals surface area contributed by atoms with Crippen molar-refractivity contribution in [2.75, 3.05) is 13.1 Å². The molecule has 1 saturated carbocycles. The molecule has 8 nitrogen and oxygen atoms in total. The highest BCUT2D eigenvalue weighted by Crippen LogP contribution is 2.36. The first-order valence-electron chi connectivity index (χ1n) is 11.1. The highest BCUT2D eigenvalue weighted by molar-refractivity contribution is 7.15. The van der Waals surface area contributed by atoms with Gasteiger partial charge in [0.05, 0.1) is 12.1 Å². The average molecular weight is 483 g/mol. The van der Waals surface area contributed by atoms with Crippen molar-refractivity contribution in [1.29, 1.82) is 0 Å². The predicted octanol–water partition coefficient (Wildman–Crippen LogP) is 2.70. The van der Waals surface area contributed by atoms with E-state index in [4.69, 9.17) is 0 Å². The van der Waals surface area contributed by atoms with Crippen LogP contribution in [0.3, 0.4) is 0 Å². The maximum atomic E-state index is 13.2. The number of pyridine rings is 1. The standard InChI is InChI=1S/C24H23FN4O4S/c1-2-26-22(32)18-12-28(15-7-8-15)24(33)19-21(31)20(30)17(11-29(18)19)23-27-10-16(34-23)9-13-3-5-14(25)6-4-13/h3-6,10-11,15,18,31H,2,7-9,12H2,1H3,(H,26,32). The molecule has 3 heterocycles. The molecule has 1 fully saturated rings. The van der Waals surface area contributed by atoms with E-state index >= 15 is 0 Å². The number of hydrogen-bond acceptors (Lipinski definition) is 6. The summed E-state index contributed by atoms with van der Waals surface area (Å²) in [6.45, 7) is 2.40. The van der Waals surface area contributed by atoms with Gasteiger partial charge in [0.25, 0.3) is 5.91 Å². The van der Waals surface area contributed by atoms with Gasteiger partial charge in [-0.25, -0.2) is 9.37 Å². The van der Waals surface area contributed by atoms with E-state index in [0.29, 0.717) is 18.0 Å². The van der Waals surface area contributed by atoms with E-state index in [1.165, 1.54) is 34.2 Å². The van der Waals surface area contributed by atoms with Crippen LogP contribution in [-0.2, 0) is 11.2 Å². The number of carbonyl (C=O) groups excluding carboxylic acids is 2. The molecule has 10 heteroatoms. The number of amides is 2. The van der Waals surface area contributed by atoms with E-state index in [1.807, 2.05) is 0 Å². The van der Waals surface area contributed by atoms with Crippen LogP contribution < -0.4 is 10.7 Å². The highest BCUT2D eigenvalue weighted by atomic mass is 32.1. The number of aromatic hydroxyl groups is 1. The molecule has 1 unspecified atom stereocenters. The lowest BCUT2D eigenvalue weighted by Crippen LogP contribution is -2.50. The van der Waals surface area contributed by atoms with Crippen LogP contribution in [-0.4, -0.2) is 50.5 Å². The van der Waals surface area contributed by atoms with Crippen molar-refractivity contribution in [2.45, 2.75) is 38.3 Å². The van der Waals surface area contributed by atoms with E-state index in [2.05, 4.69) is 10.3 Å². The lowest BCUT2D eigenvalue weighted by Gasteiger charge is -2.35. The van der Waals surface area contributed by atoms with Gasteiger partial charge >= 0.3 is 0 Å². The number of fused-ring (bicyclic) bond motifs is 1. The van der Waals surface area contributed by atoms with Crippen LogP contribution in [0.5, 0.6) is 5.75 Å². The summed E-state index contributed by atoms with van der Waals surface area (Å²) in [5.74, 6) is -1.72. The molecule has 0 radical (unpaired) electrons. The van der Waals surface area contributed by atoms with E-state index in [-0.39, 0.29) is 35.6 Å². The first kappa shape index (κ1) is 22.3. The van der Waals surface area contributed by atoms with Crippen LogP contribution in [0.1, 0.15) is 46.7 Å². The van der Waals surface area contributed by atoms with E-state index in [9.17, 15) is 23.9 Å². The molecule has 2 N–H and O–H groups in total. The molecule has 34 heavy (non-hydrogen) atoms. The van der Waals surface area contributed by atoms with Crippen molar-refractivity contribution in [1.82, 2.24) is 19.8 Å². The minimum Gasteiger partial charge on any atom is -0.503 e. The van der Waals surface area contributed by atoms with Gasteiger partial charge in [-0.1, -0.05) is 12.1 Å². The molecular weight excluding hydrogens is 459 g/mol. The van der Waals surface area contributed by atoms with E-state index in [0.717, 1.165) is 23.3 Å². The van der Waals surface area contributed by atoms with Gasteiger partial charge in [0.2, 0.25) is 11.3 Å². The second kappa shape index (κ2) is 8.68. The average Bonchev–Trinajstić information content (AvgIpc) is 3.56. The fourth-order valence-corrected chi connectivity index (χ4v) is 5.20. The third kappa shape index (κ3) is 3.98. The number of aromatic nitrogens is 2. The monoisotopic (exact) mass is 482 g/mol. The Kier molecular flexibility index (Phi) is 5.68. The third-order valence-electron chi connectivity index (χ3n) is 6.10. The number of hydrogen-bond donors (Lipinski definition) is 2. The van der Waals surface area contributed by atoms with Crippen LogP contribution in [0.15, 0.2) is 41.5 Å². The fourth-order valence-electron chi connectivity index (χ4n) is 4.24. The Morgan fingerprint density at radius 3 is 2.68 bits per heavy atom. The Labute approximate surface area is 198 Å². The van der Waals surface area contributed by atoms with Crippen molar-refractivity contribution in [2.24, 2.45) is 0 Å². The van der Waals surface area contributed by atoms with Crippen molar-refractivity contribution in [3.63, 3.8) is 0 Å². The third-order valence-corrected chi connectivity index (χ3v) is 7.13. The molecule has 1 atom stereocenters. The minimum atomic E-state index is -0.767.